The Bertz CT molecular complexity index is 661. The summed E-state index contributed by atoms with van der Waals surface area (Å²) >= 11 is 0. The summed E-state index contributed by atoms with van der Waals surface area (Å²) in [6, 6.07) is 15.2. The minimum absolute atomic E-state index is 0.273. The molecule has 3 heterocycles. The maximum absolute atomic E-state index is 5.70. The first kappa shape index (κ1) is 15.6. The first-order valence-electron chi connectivity index (χ1n) is 8.95. The molecule has 1 aromatic carbocycles. The van der Waals surface area contributed by atoms with E-state index < -0.39 is 0 Å². The summed E-state index contributed by atoms with van der Waals surface area (Å²) < 4.78 is 5.70. The van der Waals surface area contributed by atoms with Gasteiger partial charge in [0.15, 0.2) is 0 Å². The molecule has 2 atom stereocenters. The number of hydrogen-bond acceptors (Lipinski definition) is 4. The van der Waals surface area contributed by atoms with Crippen LogP contribution in [-0.2, 0) is 11.3 Å². The Labute approximate surface area is 143 Å². The van der Waals surface area contributed by atoms with Crippen molar-refractivity contribution >= 4 is 5.69 Å². The second-order valence-electron chi connectivity index (χ2n) is 6.81. The van der Waals surface area contributed by atoms with E-state index in [2.05, 4.69) is 51.6 Å². The summed E-state index contributed by atoms with van der Waals surface area (Å²) in [7, 11) is 0. The van der Waals surface area contributed by atoms with Crippen LogP contribution in [0.2, 0.25) is 0 Å². The van der Waals surface area contributed by atoms with E-state index in [-0.39, 0.29) is 6.04 Å². The van der Waals surface area contributed by atoms with Gasteiger partial charge < -0.3 is 15.0 Å². The van der Waals surface area contributed by atoms with Gasteiger partial charge in [0.1, 0.15) is 0 Å². The minimum atomic E-state index is 0.273. The summed E-state index contributed by atoms with van der Waals surface area (Å²) in [5.41, 5.74) is 3.73. The fraction of sp³-hybridized carbons (Fsp3) is 0.450. The molecule has 2 aliphatic rings. The van der Waals surface area contributed by atoms with Crippen molar-refractivity contribution in [3.8, 4) is 0 Å². The minimum Gasteiger partial charge on any atom is -0.373 e. The highest BCUT2D eigenvalue weighted by Gasteiger charge is 2.24. The number of anilines is 1. The summed E-state index contributed by atoms with van der Waals surface area (Å²) in [6.07, 6.45) is 4.41. The number of para-hydroxylation sites is 1. The number of ether oxygens (including phenoxy) is 1. The molecular weight excluding hydrogens is 298 g/mol. The Morgan fingerprint density at radius 1 is 1.17 bits per heavy atom. The average molecular weight is 323 g/mol. The largest absolute Gasteiger partial charge is 0.373 e. The second-order valence-corrected chi connectivity index (χ2v) is 6.81. The molecule has 1 aromatic heterocycles. The molecule has 4 nitrogen and oxygen atoms in total. The number of piperidine rings is 1. The molecule has 0 saturated carbocycles. The van der Waals surface area contributed by atoms with Crippen molar-refractivity contribution in [2.45, 2.75) is 25.5 Å². The Balaban J connectivity index is 1.36. The SMILES string of the molecule is c1ccc(N2CCCC(CNC3COCc4ncccc43)C2)cc1. The lowest BCUT2D eigenvalue weighted by atomic mass is 9.96. The molecule has 4 heteroatoms. The van der Waals surface area contributed by atoms with Gasteiger partial charge in [0.2, 0.25) is 0 Å². The lowest BCUT2D eigenvalue weighted by Gasteiger charge is -2.35. The van der Waals surface area contributed by atoms with Gasteiger partial charge in [-0.25, -0.2) is 0 Å². The summed E-state index contributed by atoms with van der Waals surface area (Å²) in [5.74, 6) is 0.681. The zero-order valence-electron chi connectivity index (χ0n) is 14.0. The number of pyridine rings is 1. The van der Waals surface area contributed by atoms with E-state index in [0.29, 0.717) is 12.5 Å². The Morgan fingerprint density at radius 3 is 3.00 bits per heavy atom. The standard InChI is InChI=1S/C20H25N3O/c1-2-7-17(8-3-1)23-11-5-6-16(13-23)12-22-20-15-24-14-19-18(20)9-4-10-21-19/h1-4,7-10,16,20,22H,5-6,11-15H2. The third-order valence-corrected chi connectivity index (χ3v) is 5.12. The van der Waals surface area contributed by atoms with Gasteiger partial charge in [-0.1, -0.05) is 24.3 Å². The Morgan fingerprint density at radius 2 is 2.08 bits per heavy atom. The summed E-state index contributed by atoms with van der Waals surface area (Å²) in [4.78, 5) is 6.96. The van der Waals surface area contributed by atoms with Gasteiger partial charge >= 0.3 is 0 Å². The molecule has 126 valence electrons. The summed E-state index contributed by atoms with van der Waals surface area (Å²) in [6.45, 7) is 4.71. The van der Waals surface area contributed by atoms with Gasteiger partial charge in [0, 0.05) is 31.5 Å². The molecule has 0 aliphatic carbocycles. The van der Waals surface area contributed by atoms with E-state index in [1.165, 1.54) is 30.6 Å². The molecule has 0 radical (unpaired) electrons. The number of rotatable bonds is 4. The van der Waals surface area contributed by atoms with Crippen molar-refractivity contribution in [1.29, 1.82) is 0 Å². The molecule has 0 bridgehead atoms. The number of benzene rings is 1. The van der Waals surface area contributed by atoms with Gasteiger partial charge in [-0.2, -0.15) is 0 Å². The van der Waals surface area contributed by atoms with Crippen LogP contribution in [-0.4, -0.2) is 31.2 Å². The van der Waals surface area contributed by atoms with E-state index in [0.717, 1.165) is 25.4 Å². The average Bonchev–Trinajstić information content (AvgIpc) is 2.67. The normalized spacial score (nSPS) is 23.8. The van der Waals surface area contributed by atoms with E-state index >= 15 is 0 Å². The van der Waals surface area contributed by atoms with E-state index in [4.69, 9.17) is 4.74 Å². The molecule has 0 amide bonds. The topological polar surface area (TPSA) is 37.4 Å². The van der Waals surface area contributed by atoms with Crippen molar-refractivity contribution in [2.24, 2.45) is 5.92 Å². The molecule has 2 aromatic rings. The molecule has 4 rings (SSSR count). The van der Waals surface area contributed by atoms with Gasteiger partial charge in [-0.05, 0) is 42.5 Å². The fourth-order valence-corrected chi connectivity index (χ4v) is 3.83. The van der Waals surface area contributed by atoms with Crippen LogP contribution in [0.1, 0.15) is 30.1 Å². The van der Waals surface area contributed by atoms with Crippen LogP contribution < -0.4 is 10.2 Å². The molecule has 0 spiro atoms. The predicted octanol–water partition coefficient (Wildman–Crippen LogP) is 3.16. The van der Waals surface area contributed by atoms with Crippen LogP contribution in [0.15, 0.2) is 48.7 Å². The highest BCUT2D eigenvalue weighted by atomic mass is 16.5. The van der Waals surface area contributed by atoms with Crippen molar-refractivity contribution in [3.05, 3.63) is 59.9 Å². The molecule has 1 saturated heterocycles. The maximum Gasteiger partial charge on any atom is 0.0892 e. The molecule has 1 N–H and O–H groups in total. The van der Waals surface area contributed by atoms with Crippen LogP contribution in [0, 0.1) is 5.92 Å². The third-order valence-electron chi connectivity index (χ3n) is 5.12. The van der Waals surface area contributed by atoms with Crippen LogP contribution >= 0.6 is 0 Å². The van der Waals surface area contributed by atoms with E-state index in [9.17, 15) is 0 Å². The number of fused-ring (bicyclic) bond motifs is 1. The molecular formula is C20H25N3O. The number of aromatic nitrogens is 1. The van der Waals surface area contributed by atoms with Crippen molar-refractivity contribution in [1.82, 2.24) is 10.3 Å². The van der Waals surface area contributed by atoms with Crippen molar-refractivity contribution < 1.29 is 4.74 Å². The monoisotopic (exact) mass is 323 g/mol. The fourth-order valence-electron chi connectivity index (χ4n) is 3.83. The lowest BCUT2D eigenvalue weighted by molar-refractivity contribution is 0.0775. The smallest absolute Gasteiger partial charge is 0.0892 e. The molecule has 2 unspecified atom stereocenters. The lowest BCUT2D eigenvalue weighted by Crippen LogP contribution is -2.41. The molecule has 1 fully saturated rings. The van der Waals surface area contributed by atoms with Crippen LogP contribution in [0.3, 0.4) is 0 Å². The molecule has 2 aliphatic heterocycles. The van der Waals surface area contributed by atoms with E-state index in [1.807, 2.05) is 12.3 Å². The van der Waals surface area contributed by atoms with Crippen LogP contribution in [0.5, 0.6) is 0 Å². The highest BCUT2D eigenvalue weighted by molar-refractivity contribution is 5.46. The van der Waals surface area contributed by atoms with E-state index in [1.54, 1.807) is 0 Å². The number of nitrogens with zero attached hydrogens (tertiary/aromatic N) is 2. The third kappa shape index (κ3) is 3.45. The quantitative estimate of drug-likeness (QED) is 0.938. The van der Waals surface area contributed by atoms with Gasteiger partial charge in [-0.3, -0.25) is 4.98 Å². The van der Waals surface area contributed by atoms with Gasteiger partial charge in [0.25, 0.3) is 0 Å². The Kier molecular flexibility index (Phi) is 4.76. The summed E-state index contributed by atoms with van der Waals surface area (Å²) in [5, 5.41) is 3.73. The predicted molar refractivity (Wildman–Crippen MR) is 96.0 cm³/mol. The first-order chi connectivity index (χ1) is 11.9. The van der Waals surface area contributed by atoms with Crippen LogP contribution in [0.25, 0.3) is 0 Å². The van der Waals surface area contributed by atoms with Gasteiger partial charge in [0.05, 0.1) is 24.9 Å². The first-order valence-corrected chi connectivity index (χ1v) is 8.95. The second kappa shape index (κ2) is 7.32. The van der Waals surface area contributed by atoms with Gasteiger partial charge in [-0.15, -0.1) is 0 Å². The zero-order valence-corrected chi connectivity index (χ0v) is 14.0. The highest BCUT2D eigenvalue weighted by Crippen LogP contribution is 2.25. The number of nitrogens with one attached hydrogen (secondary N) is 1. The number of hydrogen-bond donors (Lipinski definition) is 1. The van der Waals surface area contributed by atoms with Crippen LogP contribution in [0.4, 0.5) is 5.69 Å². The zero-order chi connectivity index (χ0) is 16.2. The molecule has 24 heavy (non-hydrogen) atoms. The van der Waals surface area contributed by atoms with Crippen molar-refractivity contribution in [2.75, 3.05) is 31.1 Å². The Hall–Kier alpha value is -1.91. The van der Waals surface area contributed by atoms with Crippen molar-refractivity contribution in [3.63, 3.8) is 0 Å². The maximum atomic E-state index is 5.70.